The molecule has 0 aliphatic carbocycles. The van der Waals surface area contributed by atoms with Crippen molar-refractivity contribution in [2.24, 2.45) is 11.7 Å². The molecule has 0 aromatic heterocycles. The van der Waals surface area contributed by atoms with Gasteiger partial charge in [-0.1, -0.05) is 31.2 Å². The minimum Gasteiger partial charge on any atom is -0.330 e. The summed E-state index contributed by atoms with van der Waals surface area (Å²) >= 11 is 0. The lowest BCUT2D eigenvalue weighted by atomic mass is 9.97. The largest absolute Gasteiger partial charge is 0.330 e. The van der Waals surface area contributed by atoms with E-state index < -0.39 is 0 Å². The van der Waals surface area contributed by atoms with Gasteiger partial charge in [0.05, 0.1) is 0 Å². The van der Waals surface area contributed by atoms with E-state index in [0.717, 1.165) is 19.5 Å². The molecule has 0 heterocycles. The summed E-state index contributed by atoms with van der Waals surface area (Å²) in [6.07, 6.45) is 2.31. The van der Waals surface area contributed by atoms with Crippen LogP contribution in [0.25, 0.3) is 0 Å². The summed E-state index contributed by atoms with van der Waals surface area (Å²) in [6, 6.07) is 8.62. The van der Waals surface area contributed by atoms with E-state index in [2.05, 4.69) is 36.5 Å². The highest BCUT2D eigenvalue weighted by atomic mass is 14.8. The zero-order valence-electron chi connectivity index (χ0n) is 9.79. The number of rotatable bonds is 6. The molecule has 1 atom stereocenters. The molecule has 1 aromatic carbocycles. The first kappa shape index (κ1) is 12.2. The molecular weight excluding hydrogens is 184 g/mol. The average Bonchev–Trinajstić information content (AvgIpc) is 2.28. The average molecular weight is 206 g/mol. The summed E-state index contributed by atoms with van der Waals surface area (Å²) in [5.74, 6) is 0.618. The van der Waals surface area contributed by atoms with E-state index >= 15 is 0 Å². The van der Waals surface area contributed by atoms with Crippen LogP contribution in [0.15, 0.2) is 24.3 Å². The highest BCUT2D eigenvalue weighted by molar-refractivity contribution is 5.27. The van der Waals surface area contributed by atoms with Crippen molar-refractivity contribution in [3.63, 3.8) is 0 Å². The summed E-state index contributed by atoms with van der Waals surface area (Å²) in [5, 5.41) is 3.20. The third-order valence-corrected chi connectivity index (χ3v) is 2.79. The Labute approximate surface area is 92.9 Å². The summed E-state index contributed by atoms with van der Waals surface area (Å²) in [5.41, 5.74) is 8.48. The van der Waals surface area contributed by atoms with Gasteiger partial charge in [0.2, 0.25) is 0 Å². The topological polar surface area (TPSA) is 38.0 Å². The zero-order valence-corrected chi connectivity index (χ0v) is 9.79. The Morgan fingerprint density at radius 2 is 1.93 bits per heavy atom. The molecule has 0 radical (unpaired) electrons. The van der Waals surface area contributed by atoms with Crippen molar-refractivity contribution in [3.8, 4) is 0 Å². The summed E-state index contributed by atoms with van der Waals surface area (Å²) in [6.45, 7) is 3.95. The predicted octanol–water partition coefficient (Wildman–Crippen LogP) is 1.93. The van der Waals surface area contributed by atoms with E-state index in [9.17, 15) is 0 Å². The van der Waals surface area contributed by atoms with Crippen LogP contribution in [0, 0.1) is 5.92 Å². The fourth-order valence-corrected chi connectivity index (χ4v) is 1.68. The normalized spacial score (nSPS) is 12.7. The first-order chi connectivity index (χ1) is 7.27. The third kappa shape index (κ3) is 4.02. The van der Waals surface area contributed by atoms with Gasteiger partial charge in [0.15, 0.2) is 0 Å². The maximum Gasteiger partial charge on any atom is 0.0205 e. The van der Waals surface area contributed by atoms with Crippen LogP contribution in [-0.2, 0) is 13.0 Å². The van der Waals surface area contributed by atoms with Crippen LogP contribution in [0.5, 0.6) is 0 Å². The fraction of sp³-hybridized carbons (Fsp3) is 0.538. The third-order valence-electron chi connectivity index (χ3n) is 2.79. The highest BCUT2D eigenvalue weighted by Crippen LogP contribution is 2.13. The van der Waals surface area contributed by atoms with Gasteiger partial charge in [0.1, 0.15) is 0 Å². The van der Waals surface area contributed by atoms with E-state index in [4.69, 9.17) is 5.73 Å². The van der Waals surface area contributed by atoms with Gasteiger partial charge in [-0.2, -0.15) is 0 Å². The van der Waals surface area contributed by atoms with Crippen molar-refractivity contribution in [2.75, 3.05) is 13.6 Å². The second kappa shape index (κ2) is 6.59. The lowest BCUT2D eigenvalue weighted by Crippen LogP contribution is -2.12. The Morgan fingerprint density at radius 3 is 2.53 bits per heavy atom. The van der Waals surface area contributed by atoms with Gasteiger partial charge in [0, 0.05) is 6.54 Å². The molecule has 0 spiro atoms. The molecule has 1 unspecified atom stereocenters. The van der Waals surface area contributed by atoms with Crippen LogP contribution in [0.4, 0.5) is 0 Å². The summed E-state index contributed by atoms with van der Waals surface area (Å²) in [4.78, 5) is 0. The SMILES string of the molecule is CNCc1ccccc1CCC(C)CN. The van der Waals surface area contributed by atoms with Crippen molar-refractivity contribution in [2.45, 2.75) is 26.3 Å². The maximum absolute atomic E-state index is 5.62. The molecule has 0 amide bonds. The lowest BCUT2D eigenvalue weighted by molar-refractivity contribution is 0.543. The first-order valence-electron chi connectivity index (χ1n) is 5.69. The Hall–Kier alpha value is -0.860. The van der Waals surface area contributed by atoms with Crippen molar-refractivity contribution in [1.82, 2.24) is 5.32 Å². The Kier molecular flexibility index (Phi) is 5.37. The van der Waals surface area contributed by atoms with Gasteiger partial charge in [-0.05, 0) is 43.5 Å². The number of hydrogen-bond acceptors (Lipinski definition) is 2. The molecule has 84 valence electrons. The standard InChI is InChI=1S/C13H22N2/c1-11(9-14)7-8-12-5-3-4-6-13(12)10-15-2/h3-6,11,15H,7-10,14H2,1-2H3. The highest BCUT2D eigenvalue weighted by Gasteiger charge is 2.03. The summed E-state index contributed by atoms with van der Waals surface area (Å²) in [7, 11) is 1.99. The monoisotopic (exact) mass is 206 g/mol. The minimum absolute atomic E-state index is 0.618. The van der Waals surface area contributed by atoms with E-state index in [1.165, 1.54) is 17.5 Å². The minimum atomic E-state index is 0.618. The van der Waals surface area contributed by atoms with Gasteiger partial charge in [-0.3, -0.25) is 0 Å². The molecule has 0 saturated heterocycles. The van der Waals surface area contributed by atoms with E-state index in [-0.39, 0.29) is 0 Å². The Bertz CT molecular complexity index is 284. The Morgan fingerprint density at radius 1 is 1.27 bits per heavy atom. The van der Waals surface area contributed by atoms with Crippen LogP contribution in [0.2, 0.25) is 0 Å². The fourth-order valence-electron chi connectivity index (χ4n) is 1.68. The number of aryl methyl sites for hydroxylation is 1. The molecule has 0 bridgehead atoms. The maximum atomic E-state index is 5.62. The smallest absolute Gasteiger partial charge is 0.0205 e. The molecule has 15 heavy (non-hydrogen) atoms. The van der Waals surface area contributed by atoms with Crippen molar-refractivity contribution < 1.29 is 0 Å². The first-order valence-corrected chi connectivity index (χ1v) is 5.69. The molecule has 1 aromatic rings. The van der Waals surface area contributed by atoms with Crippen molar-refractivity contribution >= 4 is 0 Å². The number of nitrogens with two attached hydrogens (primary N) is 1. The molecular formula is C13H22N2. The van der Waals surface area contributed by atoms with Gasteiger partial charge >= 0.3 is 0 Å². The molecule has 3 N–H and O–H groups in total. The van der Waals surface area contributed by atoms with Crippen LogP contribution >= 0.6 is 0 Å². The molecule has 2 heteroatoms. The van der Waals surface area contributed by atoms with Gasteiger partial charge in [-0.25, -0.2) is 0 Å². The second-order valence-corrected chi connectivity index (χ2v) is 4.18. The van der Waals surface area contributed by atoms with Crippen molar-refractivity contribution in [1.29, 1.82) is 0 Å². The second-order valence-electron chi connectivity index (χ2n) is 4.18. The predicted molar refractivity (Wildman–Crippen MR) is 65.7 cm³/mol. The molecule has 0 saturated carbocycles. The molecule has 1 rings (SSSR count). The van der Waals surface area contributed by atoms with Crippen LogP contribution in [-0.4, -0.2) is 13.6 Å². The van der Waals surface area contributed by atoms with Gasteiger partial charge in [-0.15, -0.1) is 0 Å². The summed E-state index contributed by atoms with van der Waals surface area (Å²) < 4.78 is 0. The molecule has 0 aliphatic rings. The Balaban J connectivity index is 2.58. The van der Waals surface area contributed by atoms with Crippen LogP contribution in [0.1, 0.15) is 24.5 Å². The van der Waals surface area contributed by atoms with Gasteiger partial charge in [0.25, 0.3) is 0 Å². The van der Waals surface area contributed by atoms with Crippen LogP contribution < -0.4 is 11.1 Å². The lowest BCUT2D eigenvalue weighted by Gasteiger charge is -2.11. The zero-order chi connectivity index (χ0) is 11.1. The number of benzene rings is 1. The molecule has 2 nitrogen and oxygen atoms in total. The van der Waals surface area contributed by atoms with E-state index in [0.29, 0.717) is 5.92 Å². The van der Waals surface area contributed by atoms with Crippen LogP contribution in [0.3, 0.4) is 0 Å². The molecule has 0 fully saturated rings. The number of hydrogen-bond donors (Lipinski definition) is 2. The van der Waals surface area contributed by atoms with Gasteiger partial charge < -0.3 is 11.1 Å². The van der Waals surface area contributed by atoms with E-state index in [1.807, 2.05) is 7.05 Å². The quantitative estimate of drug-likeness (QED) is 0.746. The number of nitrogens with one attached hydrogen (secondary N) is 1. The van der Waals surface area contributed by atoms with Crippen molar-refractivity contribution in [3.05, 3.63) is 35.4 Å². The van der Waals surface area contributed by atoms with E-state index in [1.54, 1.807) is 0 Å². The molecule has 0 aliphatic heterocycles.